The lowest BCUT2D eigenvalue weighted by atomic mass is 10.0. The first-order chi connectivity index (χ1) is 14.7. The van der Waals surface area contributed by atoms with E-state index in [1.165, 1.54) is 15.4 Å². The van der Waals surface area contributed by atoms with Crippen molar-refractivity contribution in [3.05, 3.63) is 75.0 Å². The highest BCUT2D eigenvalue weighted by molar-refractivity contribution is 8.23. The highest BCUT2D eigenvalue weighted by Crippen LogP contribution is 2.44. The number of allylic oxidation sites excluding steroid dienone is 1. The Morgan fingerprint density at radius 3 is 1.53 bits per heavy atom. The molecule has 0 aliphatic rings. The second-order valence-electron chi connectivity index (χ2n) is 10.6. The van der Waals surface area contributed by atoms with Gasteiger partial charge in [-0.3, -0.25) is 0 Å². The zero-order valence-corrected chi connectivity index (χ0v) is 23.4. The first-order valence-electron chi connectivity index (χ1n) is 11.0. The van der Waals surface area contributed by atoms with Crippen molar-refractivity contribution in [3.63, 3.8) is 0 Å². The van der Waals surface area contributed by atoms with Gasteiger partial charge in [0.15, 0.2) is 0 Å². The van der Waals surface area contributed by atoms with Gasteiger partial charge in [-0.05, 0) is 29.2 Å². The molecule has 2 aromatic carbocycles. The number of hydrogen-bond acceptors (Lipinski definition) is 3. The van der Waals surface area contributed by atoms with Crippen LogP contribution in [0.3, 0.4) is 0 Å². The molecule has 0 atom stereocenters. The third-order valence-electron chi connectivity index (χ3n) is 3.73. The van der Waals surface area contributed by atoms with E-state index in [1.54, 1.807) is 11.8 Å². The summed E-state index contributed by atoms with van der Waals surface area (Å²) in [5.74, 6) is 6.80. The predicted molar refractivity (Wildman–Crippen MR) is 151 cm³/mol. The largest absolute Gasteiger partial charge is 0.105 e. The lowest BCUT2D eigenvalue weighted by molar-refractivity contribution is 0.803. The second-order valence-corrected chi connectivity index (χ2v) is 16.3. The average molecular weight is 481 g/mol. The maximum Gasteiger partial charge on any atom is 0.102 e. The van der Waals surface area contributed by atoms with Crippen LogP contribution in [0.4, 0.5) is 0 Å². The van der Waals surface area contributed by atoms with Gasteiger partial charge in [-0.1, -0.05) is 116 Å². The molecule has 3 heteroatoms. The predicted octanol–water partition coefficient (Wildman–Crippen LogP) is 9.62. The van der Waals surface area contributed by atoms with Crippen LogP contribution in [0.1, 0.15) is 67.9 Å². The van der Waals surface area contributed by atoms with E-state index in [0.29, 0.717) is 0 Å². The van der Waals surface area contributed by atoms with Crippen LogP contribution in [-0.2, 0) is 0 Å². The SMILES string of the molecule is CC(C)(C)SC(=C=C(SC(C)(C)C)SC(C)(C)C)C#Cc1ccc(-c2ccccc2)cc1. The molecule has 170 valence electrons. The molecule has 0 N–H and O–H groups in total. The minimum absolute atomic E-state index is 0.0675. The van der Waals surface area contributed by atoms with Crippen molar-refractivity contribution in [2.75, 3.05) is 0 Å². The van der Waals surface area contributed by atoms with E-state index in [1.807, 2.05) is 29.6 Å². The third-order valence-corrected chi connectivity index (χ3v) is 7.05. The van der Waals surface area contributed by atoms with Crippen LogP contribution < -0.4 is 0 Å². The molecule has 0 heterocycles. The minimum Gasteiger partial charge on any atom is -0.105 e. The Hall–Kier alpha value is -1.43. The molecule has 0 amide bonds. The van der Waals surface area contributed by atoms with Gasteiger partial charge in [-0.15, -0.1) is 35.3 Å². The highest BCUT2D eigenvalue weighted by Gasteiger charge is 2.21. The van der Waals surface area contributed by atoms with Gasteiger partial charge >= 0.3 is 0 Å². The van der Waals surface area contributed by atoms with E-state index in [4.69, 9.17) is 0 Å². The Labute approximate surface area is 209 Å². The smallest absolute Gasteiger partial charge is 0.102 e. The first kappa shape index (κ1) is 26.8. The van der Waals surface area contributed by atoms with Crippen molar-refractivity contribution in [2.45, 2.75) is 76.6 Å². The maximum atomic E-state index is 3.68. The molecule has 0 radical (unpaired) electrons. The molecule has 0 unspecified atom stereocenters. The number of hydrogen-bond donors (Lipinski definition) is 0. The van der Waals surface area contributed by atoms with E-state index in [-0.39, 0.29) is 14.2 Å². The Morgan fingerprint density at radius 1 is 0.594 bits per heavy atom. The monoisotopic (exact) mass is 480 g/mol. The summed E-state index contributed by atoms with van der Waals surface area (Å²) in [6, 6.07) is 18.9. The van der Waals surface area contributed by atoms with Crippen LogP contribution in [0.2, 0.25) is 0 Å². The van der Waals surface area contributed by atoms with Crippen LogP contribution in [-0.4, -0.2) is 14.2 Å². The topological polar surface area (TPSA) is 0 Å². The molecule has 0 spiro atoms. The molecule has 0 aliphatic heterocycles. The van der Waals surface area contributed by atoms with Gasteiger partial charge in [0.25, 0.3) is 0 Å². The van der Waals surface area contributed by atoms with Gasteiger partial charge < -0.3 is 0 Å². The summed E-state index contributed by atoms with van der Waals surface area (Å²) in [6.07, 6.45) is 0. The van der Waals surface area contributed by atoms with Crippen LogP contribution in [0.5, 0.6) is 0 Å². The number of rotatable bonds is 4. The van der Waals surface area contributed by atoms with Crippen molar-refractivity contribution in [2.24, 2.45) is 0 Å². The van der Waals surface area contributed by atoms with Gasteiger partial charge in [0.1, 0.15) is 4.91 Å². The van der Waals surface area contributed by atoms with E-state index < -0.39 is 0 Å². The van der Waals surface area contributed by atoms with Gasteiger partial charge in [0.2, 0.25) is 0 Å². The molecule has 2 aromatic rings. The standard InChI is InChI=1S/C29H36S3/c1-27(2,3)30-25(21-26(31-28(4,5)6)32-29(7,8)9)20-17-22-15-18-24(19-16-22)23-13-11-10-12-14-23/h10-16,18-19H,1-9H3. The van der Waals surface area contributed by atoms with Crippen molar-refractivity contribution in [1.82, 2.24) is 0 Å². The first-order valence-corrected chi connectivity index (χ1v) is 13.4. The zero-order chi connectivity index (χ0) is 24.0. The van der Waals surface area contributed by atoms with Crippen LogP contribution >= 0.6 is 35.3 Å². The Bertz CT molecular complexity index is 989. The van der Waals surface area contributed by atoms with E-state index in [9.17, 15) is 0 Å². The van der Waals surface area contributed by atoms with Crippen LogP contribution in [0.25, 0.3) is 11.1 Å². The second kappa shape index (κ2) is 11.1. The van der Waals surface area contributed by atoms with Gasteiger partial charge in [0, 0.05) is 19.8 Å². The zero-order valence-electron chi connectivity index (χ0n) is 20.9. The lowest BCUT2D eigenvalue weighted by Crippen LogP contribution is -2.11. The Kier molecular flexibility index (Phi) is 9.33. The summed E-state index contributed by atoms with van der Waals surface area (Å²) in [5, 5.41) is 0. The Balaban J connectivity index is 2.44. The van der Waals surface area contributed by atoms with Gasteiger partial charge in [-0.25, -0.2) is 0 Å². The Morgan fingerprint density at radius 2 is 1.06 bits per heavy atom. The molecule has 0 saturated carbocycles. The quantitative estimate of drug-likeness (QED) is 0.316. The fraction of sp³-hybridized carbons (Fsp3) is 0.414. The number of thioether (sulfide) groups is 3. The summed E-state index contributed by atoms with van der Waals surface area (Å²) >= 11 is 5.53. The summed E-state index contributed by atoms with van der Waals surface area (Å²) in [7, 11) is 0. The van der Waals surface area contributed by atoms with Gasteiger partial charge in [-0.2, -0.15) is 0 Å². The summed E-state index contributed by atoms with van der Waals surface area (Å²) in [5.41, 5.74) is 7.13. The van der Waals surface area contributed by atoms with Crippen molar-refractivity contribution < 1.29 is 0 Å². The minimum atomic E-state index is 0.0675. The molecule has 2 rings (SSSR count). The van der Waals surface area contributed by atoms with E-state index >= 15 is 0 Å². The van der Waals surface area contributed by atoms with Crippen molar-refractivity contribution >= 4 is 35.3 Å². The highest BCUT2D eigenvalue weighted by atomic mass is 32.2. The van der Waals surface area contributed by atoms with E-state index in [2.05, 4.69) is 128 Å². The summed E-state index contributed by atoms with van der Waals surface area (Å²) < 4.78 is 1.51. The molecule has 0 bridgehead atoms. The van der Waals surface area contributed by atoms with E-state index in [0.717, 1.165) is 10.5 Å². The molecular formula is C29H36S3. The summed E-state index contributed by atoms with van der Waals surface area (Å²) in [4.78, 5) is 0.994. The normalized spacial score (nSPS) is 11.9. The van der Waals surface area contributed by atoms with Crippen molar-refractivity contribution in [3.8, 4) is 23.0 Å². The van der Waals surface area contributed by atoms with Crippen molar-refractivity contribution in [1.29, 1.82) is 0 Å². The lowest BCUT2D eigenvalue weighted by Gasteiger charge is -2.24. The molecule has 0 nitrogen and oxygen atoms in total. The molecule has 0 aliphatic carbocycles. The molecule has 0 fully saturated rings. The van der Waals surface area contributed by atoms with Gasteiger partial charge in [0.05, 0.1) is 4.24 Å². The fourth-order valence-electron chi connectivity index (χ4n) is 2.61. The van der Waals surface area contributed by atoms with Crippen LogP contribution in [0, 0.1) is 11.8 Å². The maximum absolute atomic E-state index is 3.68. The molecule has 0 saturated heterocycles. The molecule has 32 heavy (non-hydrogen) atoms. The molecule has 0 aromatic heterocycles. The molecular weight excluding hydrogens is 445 g/mol. The third kappa shape index (κ3) is 10.9. The number of benzene rings is 2. The fourth-order valence-corrected chi connectivity index (χ4v) is 6.70. The average Bonchev–Trinajstić information content (AvgIpc) is 2.63. The summed E-state index contributed by atoms with van der Waals surface area (Å²) in [6.45, 7) is 20.2. The van der Waals surface area contributed by atoms with Crippen LogP contribution in [0.15, 0.2) is 69.5 Å².